The van der Waals surface area contributed by atoms with Crippen LogP contribution in [-0.2, 0) is 14.3 Å². The molecular formula is C14H14Cl2O3. The number of allylic oxidation sites excluding steroid dienone is 1. The second kappa shape index (κ2) is 6.06. The third-order valence-electron chi connectivity index (χ3n) is 3.00. The molecule has 19 heavy (non-hydrogen) atoms. The fourth-order valence-corrected chi connectivity index (χ4v) is 2.33. The monoisotopic (exact) mass is 300 g/mol. The van der Waals surface area contributed by atoms with Gasteiger partial charge in [0.1, 0.15) is 6.79 Å². The highest BCUT2D eigenvalue weighted by molar-refractivity contribution is 6.37. The van der Waals surface area contributed by atoms with E-state index in [0.717, 1.165) is 0 Å². The van der Waals surface area contributed by atoms with Crippen LogP contribution in [0.3, 0.4) is 0 Å². The molecule has 3 nitrogen and oxygen atoms in total. The molecule has 1 heterocycles. The van der Waals surface area contributed by atoms with E-state index in [0.29, 0.717) is 28.8 Å². The van der Waals surface area contributed by atoms with E-state index in [1.807, 2.05) is 6.92 Å². The molecule has 1 aromatic rings. The van der Waals surface area contributed by atoms with E-state index in [1.54, 1.807) is 24.3 Å². The third-order valence-corrected chi connectivity index (χ3v) is 3.66. The summed E-state index contributed by atoms with van der Waals surface area (Å²) < 4.78 is 10.4. The van der Waals surface area contributed by atoms with Crippen LogP contribution in [0.25, 0.3) is 6.08 Å². The molecule has 5 heteroatoms. The van der Waals surface area contributed by atoms with Crippen molar-refractivity contribution in [1.29, 1.82) is 0 Å². The first-order chi connectivity index (χ1) is 9.03. The molecule has 1 fully saturated rings. The largest absolute Gasteiger partial charge is 0.354 e. The molecule has 1 aliphatic rings. The number of benzene rings is 1. The molecule has 0 radical (unpaired) electrons. The molecule has 0 amide bonds. The van der Waals surface area contributed by atoms with Crippen molar-refractivity contribution in [2.24, 2.45) is 5.41 Å². The van der Waals surface area contributed by atoms with Gasteiger partial charge in [-0.25, -0.2) is 0 Å². The highest BCUT2D eigenvalue weighted by atomic mass is 35.5. The summed E-state index contributed by atoms with van der Waals surface area (Å²) in [4.78, 5) is 12.2. The first-order valence-corrected chi connectivity index (χ1v) is 6.60. The maximum absolute atomic E-state index is 12.2. The van der Waals surface area contributed by atoms with Crippen molar-refractivity contribution in [2.45, 2.75) is 6.92 Å². The number of ether oxygens (including phenoxy) is 2. The molecule has 0 N–H and O–H groups in total. The first kappa shape index (κ1) is 14.5. The van der Waals surface area contributed by atoms with Crippen LogP contribution in [0.15, 0.2) is 24.3 Å². The standard InChI is InChI=1S/C14H14Cl2O3/c1-14(7-18-9-19-8-14)13(17)6-5-10-11(15)3-2-4-12(10)16/h2-6H,7-9H2,1H3. The highest BCUT2D eigenvalue weighted by Gasteiger charge is 2.34. The topological polar surface area (TPSA) is 35.5 Å². The van der Waals surface area contributed by atoms with Crippen molar-refractivity contribution in [3.8, 4) is 0 Å². The van der Waals surface area contributed by atoms with Crippen molar-refractivity contribution in [3.63, 3.8) is 0 Å². The van der Waals surface area contributed by atoms with Crippen LogP contribution in [0.1, 0.15) is 12.5 Å². The van der Waals surface area contributed by atoms with Gasteiger partial charge in [-0.15, -0.1) is 0 Å². The molecule has 0 spiro atoms. The van der Waals surface area contributed by atoms with Crippen molar-refractivity contribution < 1.29 is 14.3 Å². The quantitative estimate of drug-likeness (QED) is 0.800. The van der Waals surface area contributed by atoms with Gasteiger partial charge in [-0.05, 0) is 31.2 Å². The zero-order valence-electron chi connectivity index (χ0n) is 10.5. The van der Waals surface area contributed by atoms with Crippen LogP contribution < -0.4 is 0 Å². The Bertz CT molecular complexity index is 485. The minimum atomic E-state index is -0.650. The van der Waals surface area contributed by atoms with Crippen LogP contribution in [0.2, 0.25) is 10.0 Å². The van der Waals surface area contributed by atoms with Gasteiger partial charge >= 0.3 is 0 Å². The van der Waals surface area contributed by atoms with E-state index in [-0.39, 0.29) is 12.6 Å². The molecule has 0 aliphatic carbocycles. The molecule has 0 saturated carbocycles. The van der Waals surface area contributed by atoms with Crippen molar-refractivity contribution in [1.82, 2.24) is 0 Å². The SMILES string of the molecule is CC1(C(=O)C=Cc2c(Cl)cccc2Cl)COCOC1. The van der Waals surface area contributed by atoms with Crippen molar-refractivity contribution in [3.05, 3.63) is 39.9 Å². The Labute approximate surface area is 122 Å². The Morgan fingerprint density at radius 1 is 1.26 bits per heavy atom. The van der Waals surface area contributed by atoms with Gasteiger partial charge in [0.05, 0.1) is 18.6 Å². The van der Waals surface area contributed by atoms with Crippen LogP contribution in [-0.4, -0.2) is 25.8 Å². The van der Waals surface area contributed by atoms with Gasteiger partial charge in [0.25, 0.3) is 0 Å². The predicted molar refractivity (Wildman–Crippen MR) is 75.4 cm³/mol. The number of hydrogen-bond acceptors (Lipinski definition) is 3. The van der Waals surface area contributed by atoms with Crippen LogP contribution in [0.5, 0.6) is 0 Å². The third kappa shape index (κ3) is 3.37. The van der Waals surface area contributed by atoms with Gasteiger partial charge < -0.3 is 9.47 Å². The van der Waals surface area contributed by atoms with E-state index in [9.17, 15) is 4.79 Å². The molecule has 0 unspecified atom stereocenters. The van der Waals surface area contributed by atoms with Crippen LogP contribution in [0.4, 0.5) is 0 Å². The zero-order valence-corrected chi connectivity index (χ0v) is 12.0. The van der Waals surface area contributed by atoms with Crippen LogP contribution >= 0.6 is 23.2 Å². The molecule has 1 saturated heterocycles. The summed E-state index contributed by atoms with van der Waals surface area (Å²) >= 11 is 12.1. The lowest BCUT2D eigenvalue weighted by atomic mass is 9.86. The molecule has 0 bridgehead atoms. The van der Waals surface area contributed by atoms with Crippen LogP contribution in [0, 0.1) is 5.41 Å². The lowest BCUT2D eigenvalue weighted by Crippen LogP contribution is -2.40. The van der Waals surface area contributed by atoms with E-state index in [1.165, 1.54) is 6.08 Å². The minimum Gasteiger partial charge on any atom is -0.354 e. The summed E-state index contributed by atoms with van der Waals surface area (Å²) in [6.07, 6.45) is 3.11. The normalized spacial score (nSPS) is 18.7. The van der Waals surface area contributed by atoms with E-state index >= 15 is 0 Å². The fraction of sp³-hybridized carbons (Fsp3) is 0.357. The Balaban J connectivity index is 2.16. The predicted octanol–water partition coefficient (Wildman–Crippen LogP) is 3.59. The van der Waals surface area contributed by atoms with Crippen molar-refractivity contribution >= 4 is 35.1 Å². The number of ketones is 1. The summed E-state index contributed by atoms with van der Waals surface area (Å²) in [7, 11) is 0. The molecule has 102 valence electrons. The Morgan fingerprint density at radius 2 is 1.84 bits per heavy atom. The lowest BCUT2D eigenvalue weighted by Gasteiger charge is -2.30. The molecule has 2 rings (SSSR count). The van der Waals surface area contributed by atoms with Gasteiger partial charge in [0, 0.05) is 15.6 Å². The van der Waals surface area contributed by atoms with Gasteiger partial charge in [0.15, 0.2) is 5.78 Å². The number of halogens is 2. The van der Waals surface area contributed by atoms with Gasteiger partial charge in [-0.3, -0.25) is 4.79 Å². The van der Waals surface area contributed by atoms with E-state index < -0.39 is 5.41 Å². The Hall–Kier alpha value is -0.870. The highest BCUT2D eigenvalue weighted by Crippen LogP contribution is 2.27. The van der Waals surface area contributed by atoms with E-state index in [2.05, 4.69) is 0 Å². The minimum absolute atomic E-state index is 0.0665. The maximum atomic E-state index is 12.2. The molecule has 0 atom stereocenters. The van der Waals surface area contributed by atoms with Crippen molar-refractivity contribution in [2.75, 3.05) is 20.0 Å². The molecule has 0 aromatic heterocycles. The first-order valence-electron chi connectivity index (χ1n) is 5.85. The number of rotatable bonds is 3. The fourth-order valence-electron chi connectivity index (χ4n) is 1.81. The Morgan fingerprint density at radius 3 is 2.42 bits per heavy atom. The summed E-state index contributed by atoms with van der Waals surface area (Å²) in [5.74, 6) is -0.0665. The van der Waals surface area contributed by atoms with E-state index in [4.69, 9.17) is 32.7 Å². The summed E-state index contributed by atoms with van der Waals surface area (Å²) in [5.41, 5.74) is -0.0110. The average Bonchev–Trinajstić information content (AvgIpc) is 2.38. The summed E-state index contributed by atoms with van der Waals surface area (Å²) in [6.45, 7) is 2.76. The molecule has 1 aliphatic heterocycles. The summed E-state index contributed by atoms with van der Waals surface area (Å²) in [6, 6.07) is 5.21. The lowest BCUT2D eigenvalue weighted by molar-refractivity contribution is -0.168. The number of carbonyl (C=O) groups is 1. The Kier molecular flexibility index (Phi) is 4.63. The average molecular weight is 301 g/mol. The zero-order chi connectivity index (χ0) is 13.9. The van der Waals surface area contributed by atoms with Gasteiger partial charge in [-0.1, -0.05) is 29.3 Å². The second-order valence-corrected chi connectivity index (χ2v) is 5.52. The number of carbonyl (C=O) groups excluding carboxylic acids is 1. The van der Waals surface area contributed by atoms with Gasteiger partial charge in [-0.2, -0.15) is 0 Å². The summed E-state index contributed by atoms with van der Waals surface area (Å²) in [5, 5.41) is 1.02. The number of hydrogen-bond donors (Lipinski definition) is 0. The molecular weight excluding hydrogens is 287 g/mol. The second-order valence-electron chi connectivity index (χ2n) is 4.71. The maximum Gasteiger partial charge on any atom is 0.166 e. The smallest absolute Gasteiger partial charge is 0.166 e. The van der Waals surface area contributed by atoms with Gasteiger partial charge in [0.2, 0.25) is 0 Å². The molecule has 1 aromatic carbocycles.